The Labute approximate surface area is 534 Å². The van der Waals surface area contributed by atoms with Crippen LogP contribution in [-0.4, -0.2) is 0 Å². The molecule has 92 heavy (non-hydrogen) atoms. The number of rotatable bonds is 9. The monoisotopic (exact) mass is 1180 g/mol. The summed E-state index contributed by atoms with van der Waals surface area (Å²) in [6.07, 6.45) is 0. The van der Waals surface area contributed by atoms with Crippen LogP contribution < -0.4 is 9.80 Å². The van der Waals surface area contributed by atoms with Crippen molar-refractivity contribution >= 4 is 78.0 Å². The van der Waals surface area contributed by atoms with Gasteiger partial charge < -0.3 is 18.6 Å². The molecule has 0 N–H and O–H groups in total. The molecule has 1 atom stereocenters. The van der Waals surface area contributed by atoms with E-state index in [1.165, 1.54) is 0 Å². The molecule has 1 unspecified atom stereocenters. The molecule has 16 aromatic rings. The lowest BCUT2D eigenvalue weighted by Crippen LogP contribution is -2.29. The highest BCUT2D eigenvalue weighted by Crippen LogP contribution is 2.67. The lowest BCUT2D eigenvalue weighted by molar-refractivity contribution is 0.668. The van der Waals surface area contributed by atoms with Gasteiger partial charge in [-0.2, -0.15) is 0 Å². The normalized spacial score (nSPS) is 13.8. The van der Waals surface area contributed by atoms with E-state index in [0.717, 1.165) is 184 Å². The van der Waals surface area contributed by atoms with Crippen molar-refractivity contribution in [2.75, 3.05) is 9.80 Å². The average Bonchev–Trinajstić information content (AvgIpc) is 1.49. The number of aryl methyl sites for hydroxylation is 3. The predicted octanol–water partition coefficient (Wildman–Crippen LogP) is 24.4. The maximum atomic E-state index is 7.77. The molecule has 0 spiro atoms. The number of nitrogens with zero attached hydrogens (tertiary/aromatic N) is 2. The van der Waals surface area contributed by atoms with Crippen LogP contribution in [0, 0.1) is 20.8 Å². The molecule has 18 rings (SSSR count). The maximum Gasteiger partial charge on any atom is 0.160 e. The second-order valence-corrected chi connectivity index (χ2v) is 24.8. The first-order chi connectivity index (χ1) is 45.4. The standard InChI is InChI=1S/C88H60N2O2/c1-55-41-44-62(58-25-9-4-10-26-58)49-74(55)89(75-50-63(45-42-56(75)2)59-27-11-5-12-28-59)78-53-73-85(87-82(78)69-36-20-23-39-80(69)92-87)84-72-54-79(86-83(84)70-37-21-24-40-81(70)91-86)90(76-51-64(46-43-57(76)3)60-29-13-6-14-30-60)77-52-65(61-31-15-7-16-32-61)47-48-68(77)67-35-19-22-38-71(67)88(72,73)66-33-17-8-18-34-66/h4-54H,1-3H3. The van der Waals surface area contributed by atoms with Crippen molar-refractivity contribution in [3.63, 3.8) is 0 Å². The Morgan fingerprint density at radius 2 is 0.739 bits per heavy atom. The Morgan fingerprint density at radius 1 is 0.293 bits per heavy atom. The van der Waals surface area contributed by atoms with Crippen molar-refractivity contribution < 1.29 is 8.83 Å². The third-order valence-electron chi connectivity index (χ3n) is 19.6. The largest absolute Gasteiger partial charge is 0.455 e. The Hall–Kier alpha value is -11.7. The summed E-state index contributed by atoms with van der Waals surface area (Å²) in [6, 6.07) is 114. The first kappa shape index (κ1) is 53.3. The first-order valence-electron chi connectivity index (χ1n) is 31.8. The number of para-hydroxylation sites is 2. The minimum absolute atomic E-state index is 0.794. The van der Waals surface area contributed by atoms with Gasteiger partial charge in [-0.05, 0) is 158 Å². The summed E-state index contributed by atoms with van der Waals surface area (Å²) >= 11 is 0. The molecule has 3 heterocycles. The van der Waals surface area contributed by atoms with E-state index in [4.69, 9.17) is 8.83 Å². The van der Waals surface area contributed by atoms with Crippen LogP contribution in [0.4, 0.5) is 34.1 Å². The first-order valence-corrected chi connectivity index (χ1v) is 31.8. The quantitative estimate of drug-likeness (QED) is 0.144. The Balaban J connectivity index is 1.05. The molecule has 434 valence electrons. The summed E-state index contributed by atoms with van der Waals surface area (Å²) in [4.78, 5) is 5.10. The SMILES string of the molecule is Cc1ccc(-c2ccccc2)cc1N1c2cc(-c3ccccc3)ccc2-c2ccccc2C2(c3ccccc3)c3cc(N(c4cc(-c5ccccc5)ccc4C)c4cc(-c5ccccc5)ccc4C)c4c(oc5ccccc54)c3-c3c2cc1c1oc2ccccc2c31. The van der Waals surface area contributed by atoms with E-state index in [1.807, 2.05) is 0 Å². The summed E-state index contributed by atoms with van der Waals surface area (Å²) in [5.74, 6) is 0. The summed E-state index contributed by atoms with van der Waals surface area (Å²) in [7, 11) is 0. The highest BCUT2D eigenvalue weighted by molar-refractivity contribution is 6.26. The van der Waals surface area contributed by atoms with E-state index in [1.54, 1.807) is 0 Å². The summed E-state index contributed by atoms with van der Waals surface area (Å²) < 4.78 is 15.4. The van der Waals surface area contributed by atoms with Crippen molar-refractivity contribution in [2.24, 2.45) is 0 Å². The summed E-state index contributed by atoms with van der Waals surface area (Å²) in [6.45, 7) is 6.76. The molecular formula is C88H60N2O2. The number of hydrogen-bond donors (Lipinski definition) is 0. The predicted molar refractivity (Wildman–Crippen MR) is 383 cm³/mol. The van der Waals surface area contributed by atoms with Crippen LogP contribution in [0.15, 0.2) is 318 Å². The summed E-state index contributed by atoms with van der Waals surface area (Å²) in [5, 5.41) is 4.14. The van der Waals surface area contributed by atoms with Crippen molar-refractivity contribution in [3.05, 3.63) is 348 Å². The highest BCUT2D eigenvalue weighted by atomic mass is 16.3. The molecule has 14 aromatic carbocycles. The molecule has 0 amide bonds. The zero-order valence-corrected chi connectivity index (χ0v) is 51.2. The van der Waals surface area contributed by atoms with Gasteiger partial charge in [-0.1, -0.05) is 261 Å². The molecule has 4 bridgehead atoms. The van der Waals surface area contributed by atoms with Gasteiger partial charge in [0, 0.05) is 49.9 Å². The van der Waals surface area contributed by atoms with Gasteiger partial charge in [-0.25, -0.2) is 0 Å². The van der Waals surface area contributed by atoms with Crippen LogP contribution in [0.1, 0.15) is 38.9 Å². The Morgan fingerprint density at radius 3 is 1.32 bits per heavy atom. The van der Waals surface area contributed by atoms with E-state index in [-0.39, 0.29) is 0 Å². The van der Waals surface area contributed by atoms with Gasteiger partial charge in [0.2, 0.25) is 0 Å². The lowest BCUT2D eigenvalue weighted by atomic mass is 9.65. The molecule has 0 saturated carbocycles. The van der Waals surface area contributed by atoms with Gasteiger partial charge in [-0.3, -0.25) is 0 Å². The zero-order valence-electron chi connectivity index (χ0n) is 51.2. The van der Waals surface area contributed by atoms with Crippen molar-refractivity contribution in [1.82, 2.24) is 0 Å². The molecule has 0 fully saturated rings. The molecule has 0 radical (unpaired) electrons. The zero-order chi connectivity index (χ0) is 61.2. The Kier molecular flexibility index (Phi) is 12.1. The molecule has 1 aliphatic carbocycles. The van der Waals surface area contributed by atoms with Crippen LogP contribution in [-0.2, 0) is 5.41 Å². The lowest BCUT2D eigenvalue weighted by Gasteiger charge is -2.36. The Bertz CT molecular complexity index is 5520. The summed E-state index contributed by atoms with van der Waals surface area (Å²) in [5.41, 5.74) is 29.9. The molecule has 2 aliphatic rings. The maximum absolute atomic E-state index is 7.77. The third kappa shape index (κ3) is 8.03. The van der Waals surface area contributed by atoms with Crippen LogP contribution in [0.2, 0.25) is 0 Å². The highest BCUT2D eigenvalue weighted by Gasteiger charge is 2.52. The van der Waals surface area contributed by atoms with E-state index in [9.17, 15) is 0 Å². The second-order valence-electron chi connectivity index (χ2n) is 24.8. The second kappa shape index (κ2) is 20.9. The van der Waals surface area contributed by atoms with Gasteiger partial charge in [0.1, 0.15) is 16.7 Å². The number of hydrogen-bond acceptors (Lipinski definition) is 4. The van der Waals surface area contributed by atoms with Crippen LogP contribution in [0.5, 0.6) is 0 Å². The fourth-order valence-electron chi connectivity index (χ4n) is 15.4. The molecule has 0 saturated heterocycles. The minimum Gasteiger partial charge on any atom is -0.455 e. The smallest absolute Gasteiger partial charge is 0.160 e. The van der Waals surface area contributed by atoms with E-state index in [0.29, 0.717) is 0 Å². The number of anilines is 6. The van der Waals surface area contributed by atoms with Crippen molar-refractivity contribution in [2.45, 2.75) is 26.2 Å². The topological polar surface area (TPSA) is 32.8 Å². The van der Waals surface area contributed by atoms with Gasteiger partial charge in [0.05, 0.1) is 27.9 Å². The molecule has 2 aromatic heterocycles. The fraction of sp³-hybridized carbons (Fsp3) is 0.0455. The van der Waals surface area contributed by atoms with Crippen LogP contribution in [0.3, 0.4) is 0 Å². The molecule has 4 heteroatoms. The van der Waals surface area contributed by atoms with Crippen LogP contribution >= 0.6 is 0 Å². The van der Waals surface area contributed by atoms with Gasteiger partial charge >= 0.3 is 0 Å². The van der Waals surface area contributed by atoms with E-state index >= 15 is 0 Å². The molecule has 1 aliphatic heterocycles. The number of benzene rings is 14. The van der Waals surface area contributed by atoms with E-state index in [2.05, 4.69) is 340 Å². The van der Waals surface area contributed by atoms with Gasteiger partial charge in [0.25, 0.3) is 0 Å². The number of furan rings is 2. The van der Waals surface area contributed by atoms with E-state index < -0.39 is 5.41 Å². The molecule has 4 nitrogen and oxygen atoms in total. The van der Waals surface area contributed by atoms with Crippen molar-refractivity contribution in [3.8, 4) is 66.8 Å². The average molecular weight is 1180 g/mol. The number of fused-ring (bicyclic) bond motifs is 11. The van der Waals surface area contributed by atoms with Crippen LogP contribution in [0.25, 0.3) is 111 Å². The van der Waals surface area contributed by atoms with Gasteiger partial charge in [-0.15, -0.1) is 0 Å². The fourth-order valence-corrected chi connectivity index (χ4v) is 15.4. The minimum atomic E-state index is -0.994. The third-order valence-corrected chi connectivity index (χ3v) is 19.6. The molecular weight excluding hydrogens is 1120 g/mol. The van der Waals surface area contributed by atoms with Gasteiger partial charge in [0.15, 0.2) is 5.58 Å². The van der Waals surface area contributed by atoms with Crippen molar-refractivity contribution in [1.29, 1.82) is 0 Å².